The third-order valence-electron chi connectivity index (χ3n) is 11.8. The minimum absolute atomic E-state index is 0.0292. The van der Waals surface area contributed by atoms with Gasteiger partial charge in [0.05, 0.1) is 25.0 Å². The zero-order chi connectivity index (χ0) is 44.1. The maximum absolute atomic E-state index is 14.3. The summed E-state index contributed by atoms with van der Waals surface area (Å²) in [5, 5.41) is 12.3. The molecule has 0 bridgehead atoms. The van der Waals surface area contributed by atoms with Gasteiger partial charge in [-0.1, -0.05) is 79.0 Å². The number of hydrogen-bond donors (Lipinski definition) is 5. The van der Waals surface area contributed by atoms with Crippen LogP contribution in [0.2, 0.25) is 5.02 Å². The third-order valence-corrected chi connectivity index (χ3v) is 12.8. The summed E-state index contributed by atoms with van der Waals surface area (Å²) in [4.78, 5) is 69.6. The standard InChI is InChI=1S/C46H59ClN6O8S/c1-62(59,60)52-39(18-13-33-19-23-48-24-20-33)46(58)53-29-38(61-30-35-11-16-37(47)17-12-35)28-41(53)44(56)51-40(27-34-7-8-34)42(54)45(57)50-26-22-32-9-14-36(15-10-32)43(55)49-25-21-31-5-3-2-4-6-31/h2-6,9-12,14-17,33-34,38-41,48,52H,7-8,13,18-30H2,1H3,(H,49,55)(H,50,57)(H,51,56)/t38-,39-,40+,41+/m1/s1. The van der Waals surface area contributed by atoms with Crippen molar-refractivity contribution in [1.29, 1.82) is 0 Å². The van der Waals surface area contributed by atoms with E-state index in [9.17, 15) is 32.4 Å². The van der Waals surface area contributed by atoms with Crippen molar-refractivity contribution >= 4 is 51.0 Å². The van der Waals surface area contributed by atoms with Crippen LogP contribution in [0.3, 0.4) is 0 Å². The summed E-state index contributed by atoms with van der Waals surface area (Å²) >= 11 is 6.06. The monoisotopic (exact) mass is 890 g/mol. The van der Waals surface area contributed by atoms with Crippen LogP contribution < -0.4 is 26.0 Å². The molecule has 16 heteroatoms. The molecule has 14 nitrogen and oxygen atoms in total. The molecule has 3 fully saturated rings. The van der Waals surface area contributed by atoms with E-state index in [0.717, 1.165) is 68.1 Å². The normalized spacial score (nSPS) is 19.0. The number of halogens is 1. The van der Waals surface area contributed by atoms with E-state index in [4.69, 9.17) is 16.3 Å². The van der Waals surface area contributed by atoms with Gasteiger partial charge in [0.1, 0.15) is 12.1 Å². The lowest BCUT2D eigenvalue weighted by molar-refractivity contribution is -0.143. The number of ether oxygens (including phenoxy) is 1. The fourth-order valence-corrected chi connectivity index (χ4v) is 8.97. The van der Waals surface area contributed by atoms with Gasteiger partial charge >= 0.3 is 0 Å². The predicted octanol–water partition coefficient (Wildman–Crippen LogP) is 3.71. The molecular weight excluding hydrogens is 832 g/mol. The first-order chi connectivity index (χ1) is 29.8. The second kappa shape index (κ2) is 22.6. The van der Waals surface area contributed by atoms with Gasteiger partial charge in [-0.3, -0.25) is 24.0 Å². The van der Waals surface area contributed by atoms with E-state index in [0.29, 0.717) is 35.9 Å². The quantitative estimate of drug-likeness (QED) is 0.0937. The zero-order valence-corrected chi connectivity index (χ0v) is 36.9. The summed E-state index contributed by atoms with van der Waals surface area (Å²) in [7, 11) is -3.80. The molecule has 3 aromatic carbocycles. The van der Waals surface area contributed by atoms with Crippen LogP contribution in [-0.2, 0) is 53.4 Å². The van der Waals surface area contributed by atoms with Crippen molar-refractivity contribution in [2.24, 2.45) is 11.8 Å². The molecule has 6 rings (SSSR count). The molecule has 3 aliphatic rings. The number of likely N-dealkylation sites (tertiary alicyclic amines) is 1. The molecule has 5 N–H and O–H groups in total. The topological polar surface area (TPSA) is 192 Å². The third kappa shape index (κ3) is 14.7. The number of carbonyl (C=O) groups is 5. The van der Waals surface area contributed by atoms with Gasteiger partial charge in [-0.2, -0.15) is 0 Å². The number of nitrogens with one attached hydrogen (secondary N) is 5. The number of Topliss-reactive ketones (excluding diaryl/α,β-unsaturated/α-hetero) is 1. The fourth-order valence-electron chi connectivity index (χ4n) is 8.11. The van der Waals surface area contributed by atoms with E-state index in [1.165, 1.54) is 4.90 Å². The van der Waals surface area contributed by atoms with Crippen molar-refractivity contribution in [1.82, 2.24) is 30.9 Å². The van der Waals surface area contributed by atoms with Gasteiger partial charge in [0.15, 0.2) is 0 Å². The molecular formula is C46H59ClN6O8S. The number of amides is 4. The smallest absolute Gasteiger partial charge is 0.289 e. The Labute approximate surface area is 369 Å². The summed E-state index contributed by atoms with van der Waals surface area (Å²) in [5.74, 6) is -2.44. The molecule has 3 aromatic rings. The number of ketones is 1. The molecule has 334 valence electrons. The number of nitrogens with zero attached hydrogens (tertiary/aromatic N) is 1. The van der Waals surface area contributed by atoms with Crippen LogP contribution in [0.4, 0.5) is 0 Å². The fraction of sp³-hybridized carbons (Fsp3) is 0.500. The number of sulfonamides is 1. The first-order valence-electron chi connectivity index (χ1n) is 21.7. The molecule has 0 unspecified atom stereocenters. The molecule has 4 atom stereocenters. The van der Waals surface area contributed by atoms with E-state index in [1.807, 2.05) is 42.5 Å². The Balaban J connectivity index is 1.07. The lowest BCUT2D eigenvalue weighted by Crippen LogP contribution is -2.56. The Hall–Kier alpha value is -4.67. The van der Waals surface area contributed by atoms with Crippen LogP contribution in [-0.4, -0.2) is 106 Å². The van der Waals surface area contributed by atoms with E-state index in [1.54, 1.807) is 36.4 Å². The molecule has 2 saturated heterocycles. The molecule has 1 aliphatic carbocycles. The van der Waals surface area contributed by atoms with E-state index in [2.05, 4.69) is 26.0 Å². The summed E-state index contributed by atoms with van der Waals surface area (Å²) in [6.07, 6.45) is 6.41. The van der Waals surface area contributed by atoms with Gasteiger partial charge < -0.3 is 30.9 Å². The van der Waals surface area contributed by atoms with Gasteiger partial charge in [0.2, 0.25) is 27.6 Å². The van der Waals surface area contributed by atoms with Gasteiger partial charge in [0, 0.05) is 36.6 Å². The Morgan fingerprint density at radius 3 is 2.11 bits per heavy atom. The second-order valence-electron chi connectivity index (χ2n) is 16.8. The van der Waals surface area contributed by atoms with Crippen LogP contribution in [0.5, 0.6) is 0 Å². The average Bonchev–Trinajstić information content (AvgIpc) is 3.99. The lowest BCUT2D eigenvalue weighted by Gasteiger charge is -2.30. The molecule has 0 aromatic heterocycles. The second-order valence-corrected chi connectivity index (χ2v) is 19.0. The Morgan fingerprint density at radius 1 is 0.806 bits per heavy atom. The van der Waals surface area contributed by atoms with Crippen molar-refractivity contribution in [3.05, 3.63) is 106 Å². The van der Waals surface area contributed by atoms with Gasteiger partial charge in [0.25, 0.3) is 11.8 Å². The highest BCUT2D eigenvalue weighted by Crippen LogP contribution is 2.34. The van der Waals surface area contributed by atoms with Crippen LogP contribution in [0, 0.1) is 11.8 Å². The van der Waals surface area contributed by atoms with Crippen molar-refractivity contribution < 1.29 is 37.1 Å². The minimum Gasteiger partial charge on any atom is -0.372 e. The molecule has 62 heavy (non-hydrogen) atoms. The first-order valence-corrected chi connectivity index (χ1v) is 24.0. The molecule has 2 aliphatic heterocycles. The number of carbonyl (C=O) groups excluding carboxylic acids is 5. The molecule has 2 heterocycles. The van der Waals surface area contributed by atoms with Crippen LogP contribution in [0.15, 0.2) is 78.9 Å². The average molecular weight is 892 g/mol. The summed E-state index contributed by atoms with van der Waals surface area (Å²) in [6, 6.07) is 20.8. The van der Waals surface area contributed by atoms with Crippen molar-refractivity contribution in [3.63, 3.8) is 0 Å². The molecule has 1 saturated carbocycles. The van der Waals surface area contributed by atoms with E-state index >= 15 is 0 Å². The zero-order valence-electron chi connectivity index (χ0n) is 35.3. The largest absolute Gasteiger partial charge is 0.372 e. The molecule has 4 amide bonds. The summed E-state index contributed by atoms with van der Waals surface area (Å²) < 4.78 is 33.8. The summed E-state index contributed by atoms with van der Waals surface area (Å²) in [6.45, 7) is 2.59. The van der Waals surface area contributed by atoms with Gasteiger partial charge in [-0.05, 0) is 111 Å². The van der Waals surface area contributed by atoms with Crippen LogP contribution in [0.1, 0.15) is 78.4 Å². The number of benzene rings is 3. The SMILES string of the molecule is CS(=O)(=O)N[C@H](CCC1CCNCC1)C(=O)N1C[C@H](OCc2ccc(Cl)cc2)C[C@H]1C(=O)N[C@@H](CC1CC1)C(=O)C(=O)NCCc1ccc(C(=O)NCCc2ccccc2)cc1. The summed E-state index contributed by atoms with van der Waals surface area (Å²) in [5.41, 5.74) is 3.35. The van der Waals surface area contributed by atoms with Gasteiger partial charge in [-0.25, -0.2) is 13.1 Å². The molecule has 0 radical (unpaired) electrons. The van der Waals surface area contributed by atoms with E-state index in [-0.39, 0.29) is 50.8 Å². The predicted molar refractivity (Wildman–Crippen MR) is 237 cm³/mol. The van der Waals surface area contributed by atoms with Crippen molar-refractivity contribution in [2.75, 3.05) is 39.0 Å². The molecule has 0 spiro atoms. The van der Waals surface area contributed by atoms with Crippen LogP contribution in [0.25, 0.3) is 0 Å². The lowest BCUT2D eigenvalue weighted by atomic mass is 9.91. The van der Waals surface area contributed by atoms with E-state index < -0.39 is 57.8 Å². The van der Waals surface area contributed by atoms with Crippen molar-refractivity contribution in [3.8, 4) is 0 Å². The minimum atomic E-state index is -3.80. The Kier molecular flexibility index (Phi) is 17.1. The number of piperidine rings is 1. The van der Waals surface area contributed by atoms with Crippen LogP contribution >= 0.6 is 11.6 Å². The highest BCUT2D eigenvalue weighted by atomic mass is 35.5. The maximum atomic E-state index is 14.3. The Bertz CT molecular complexity index is 2100. The maximum Gasteiger partial charge on any atom is 0.289 e. The van der Waals surface area contributed by atoms with Gasteiger partial charge in [-0.15, -0.1) is 0 Å². The highest BCUT2D eigenvalue weighted by Gasteiger charge is 2.44. The highest BCUT2D eigenvalue weighted by molar-refractivity contribution is 7.88. The number of hydrogen-bond acceptors (Lipinski definition) is 9. The Morgan fingerprint density at radius 2 is 1.45 bits per heavy atom. The van der Waals surface area contributed by atoms with Crippen molar-refractivity contribution in [2.45, 2.75) is 95.0 Å². The first kappa shape index (κ1) is 46.8. The number of rotatable bonds is 22.